The molecule has 0 aliphatic heterocycles. The third-order valence-electron chi connectivity index (χ3n) is 4.00. The minimum absolute atomic E-state index is 0.333. The number of fused-ring (bicyclic) bond motifs is 2. The first-order chi connectivity index (χ1) is 10.2. The van der Waals surface area contributed by atoms with Gasteiger partial charge in [0.15, 0.2) is 0 Å². The molecule has 3 heteroatoms. The Bertz CT molecular complexity index is 807. The molecule has 0 aliphatic rings. The van der Waals surface area contributed by atoms with E-state index in [1.54, 1.807) is 36.4 Å². The van der Waals surface area contributed by atoms with Gasteiger partial charge in [0.1, 0.15) is 11.6 Å². The molecule has 0 aliphatic carbocycles. The van der Waals surface area contributed by atoms with E-state index < -0.39 is 0 Å². The van der Waals surface area contributed by atoms with Crippen LogP contribution in [0.5, 0.6) is 0 Å². The fourth-order valence-corrected chi connectivity index (χ4v) is 2.93. The van der Waals surface area contributed by atoms with Crippen molar-refractivity contribution >= 4 is 27.2 Å². The molecule has 0 radical (unpaired) electrons. The summed E-state index contributed by atoms with van der Waals surface area (Å²) >= 11 is 0. The first-order valence-corrected chi connectivity index (χ1v) is 7.22. The monoisotopic (exact) mass is 285 g/mol. The van der Waals surface area contributed by atoms with Gasteiger partial charge in [-0.15, -0.1) is 0 Å². The molecule has 108 valence electrons. The maximum Gasteiger partial charge on any atom is 0.141 e. The number of rotatable bonds is 3. The fraction of sp³-hybridized carbons (Fsp3) is 0.222. The smallest absolute Gasteiger partial charge is 0.141 e. The normalized spacial score (nSPS) is 11.2. The molecule has 21 heavy (non-hydrogen) atoms. The summed E-state index contributed by atoms with van der Waals surface area (Å²) in [7, 11) is 0. The van der Waals surface area contributed by atoms with E-state index in [2.05, 4.69) is 0 Å². The predicted molar refractivity (Wildman–Crippen MR) is 84.9 cm³/mol. The minimum Gasteiger partial charge on any atom is -0.372 e. The number of halogens is 2. The maximum absolute atomic E-state index is 14.9. The highest BCUT2D eigenvalue weighted by atomic mass is 19.1. The zero-order valence-corrected chi connectivity index (χ0v) is 12.2. The van der Waals surface area contributed by atoms with Gasteiger partial charge < -0.3 is 4.90 Å². The van der Waals surface area contributed by atoms with Crippen LogP contribution in [0.3, 0.4) is 0 Å². The van der Waals surface area contributed by atoms with E-state index in [0.717, 1.165) is 18.8 Å². The minimum atomic E-state index is -0.351. The third kappa shape index (κ3) is 2.04. The second-order valence-electron chi connectivity index (χ2n) is 5.05. The summed E-state index contributed by atoms with van der Waals surface area (Å²) in [5.41, 5.74) is 0.750. The van der Waals surface area contributed by atoms with Gasteiger partial charge in [0.05, 0.1) is 0 Å². The van der Waals surface area contributed by atoms with Crippen LogP contribution in [-0.4, -0.2) is 13.1 Å². The van der Waals surface area contributed by atoms with Crippen molar-refractivity contribution in [2.45, 2.75) is 13.8 Å². The number of hydrogen-bond acceptors (Lipinski definition) is 1. The van der Waals surface area contributed by atoms with E-state index in [9.17, 15) is 8.78 Å². The lowest BCUT2D eigenvalue weighted by Gasteiger charge is -2.23. The van der Waals surface area contributed by atoms with Crippen molar-refractivity contribution in [3.05, 3.63) is 54.1 Å². The van der Waals surface area contributed by atoms with Crippen molar-refractivity contribution in [1.29, 1.82) is 0 Å². The Kier molecular flexibility index (Phi) is 3.50. The van der Waals surface area contributed by atoms with Gasteiger partial charge in [-0.2, -0.15) is 0 Å². The summed E-state index contributed by atoms with van der Waals surface area (Å²) < 4.78 is 29.7. The average molecular weight is 285 g/mol. The molecule has 0 aromatic heterocycles. The summed E-state index contributed by atoms with van der Waals surface area (Å²) in [6, 6.07) is 12.0. The predicted octanol–water partition coefficient (Wildman–Crippen LogP) is 5.12. The Morgan fingerprint density at radius 1 is 0.762 bits per heavy atom. The van der Waals surface area contributed by atoms with Gasteiger partial charge in [0.2, 0.25) is 0 Å². The van der Waals surface area contributed by atoms with Crippen LogP contribution in [0.15, 0.2) is 42.5 Å². The third-order valence-corrected chi connectivity index (χ3v) is 4.00. The highest BCUT2D eigenvalue weighted by molar-refractivity contribution is 6.05. The SMILES string of the molecule is CCN(CC)c1cccc2c(F)c3ccccc3c(F)c12. The summed E-state index contributed by atoms with van der Waals surface area (Å²) in [6.45, 7) is 5.53. The molecule has 0 atom stereocenters. The van der Waals surface area contributed by atoms with Crippen LogP contribution < -0.4 is 4.90 Å². The second kappa shape index (κ2) is 5.32. The molecule has 0 N–H and O–H groups in total. The molecule has 3 rings (SSSR count). The summed E-state index contributed by atoms with van der Waals surface area (Å²) in [6.07, 6.45) is 0. The number of anilines is 1. The molecular weight excluding hydrogens is 268 g/mol. The Balaban J connectivity index is 2.48. The van der Waals surface area contributed by atoms with Crippen molar-refractivity contribution in [2.24, 2.45) is 0 Å². The lowest BCUT2D eigenvalue weighted by Crippen LogP contribution is -2.22. The molecular formula is C18H17F2N. The lowest BCUT2D eigenvalue weighted by atomic mass is 10.00. The van der Waals surface area contributed by atoms with Gasteiger partial charge >= 0.3 is 0 Å². The number of nitrogens with zero attached hydrogens (tertiary/aromatic N) is 1. The molecule has 0 amide bonds. The van der Waals surface area contributed by atoms with Gasteiger partial charge in [-0.1, -0.05) is 36.4 Å². The van der Waals surface area contributed by atoms with Crippen molar-refractivity contribution in [3.63, 3.8) is 0 Å². The number of benzene rings is 3. The quantitative estimate of drug-likeness (QED) is 0.604. The Labute approximate surface area is 122 Å². The van der Waals surface area contributed by atoms with Crippen LogP contribution in [0.4, 0.5) is 14.5 Å². The van der Waals surface area contributed by atoms with Crippen LogP contribution >= 0.6 is 0 Å². The Hall–Kier alpha value is -2.16. The largest absolute Gasteiger partial charge is 0.372 e. The molecule has 0 spiro atoms. The van der Waals surface area contributed by atoms with Crippen LogP contribution in [0.2, 0.25) is 0 Å². The standard InChI is InChI=1S/C18H17F2N/c1-3-21(4-2)15-11-7-10-14-16(15)18(20)13-9-6-5-8-12(13)17(14)19/h5-11H,3-4H2,1-2H3. The van der Waals surface area contributed by atoms with Gasteiger partial charge in [-0.05, 0) is 19.9 Å². The van der Waals surface area contributed by atoms with Crippen LogP contribution in [0.25, 0.3) is 21.5 Å². The molecule has 0 unspecified atom stereocenters. The highest BCUT2D eigenvalue weighted by Gasteiger charge is 2.18. The molecule has 0 heterocycles. The van der Waals surface area contributed by atoms with Gasteiger partial charge in [0, 0.05) is 40.3 Å². The van der Waals surface area contributed by atoms with E-state index in [1.165, 1.54) is 0 Å². The average Bonchev–Trinajstić information content (AvgIpc) is 2.53. The van der Waals surface area contributed by atoms with Crippen molar-refractivity contribution in [3.8, 4) is 0 Å². The topological polar surface area (TPSA) is 3.24 Å². The Morgan fingerprint density at radius 3 is 1.95 bits per heavy atom. The summed E-state index contributed by atoms with van der Waals surface area (Å²) in [5.74, 6) is -0.694. The zero-order valence-electron chi connectivity index (χ0n) is 12.2. The molecule has 1 nitrogen and oxygen atoms in total. The Morgan fingerprint density at radius 2 is 1.33 bits per heavy atom. The van der Waals surface area contributed by atoms with Crippen molar-refractivity contribution in [1.82, 2.24) is 0 Å². The maximum atomic E-state index is 14.9. The molecule has 0 saturated carbocycles. The van der Waals surface area contributed by atoms with Gasteiger partial charge in [0.25, 0.3) is 0 Å². The molecule has 0 bridgehead atoms. The second-order valence-corrected chi connectivity index (χ2v) is 5.05. The molecule has 3 aromatic carbocycles. The van der Waals surface area contributed by atoms with Crippen molar-refractivity contribution < 1.29 is 8.78 Å². The first kappa shape index (κ1) is 13.8. The van der Waals surface area contributed by atoms with Crippen LogP contribution in [-0.2, 0) is 0 Å². The highest BCUT2D eigenvalue weighted by Crippen LogP contribution is 2.36. The fourth-order valence-electron chi connectivity index (χ4n) is 2.93. The molecule has 0 saturated heterocycles. The van der Waals surface area contributed by atoms with E-state index in [0.29, 0.717) is 21.5 Å². The van der Waals surface area contributed by atoms with Gasteiger partial charge in [-0.25, -0.2) is 8.78 Å². The zero-order chi connectivity index (χ0) is 15.0. The molecule has 0 fully saturated rings. The van der Waals surface area contributed by atoms with Crippen molar-refractivity contribution in [2.75, 3.05) is 18.0 Å². The summed E-state index contributed by atoms with van der Waals surface area (Å²) in [4.78, 5) is 2.04. The van der Waals surface area contributed by atoms with Crippen LogP contribution in [0.1, 0.15) is 13.8 Å². The first-order valence-electron chi connectivity index (χ1n) is 7.22. The summed E-state index contributed by atoms with van der Waals surface area (Å²) in [5, 5.41) is 1.38. The van der Waals surface area contributed by atoms with E-state index in [4.69, 9.17) is 0 Å². The number of hydrogen-bond donors (Lipinski definition) is 0. The van der Waals surface area contributed by atoms with Crippen LogP contribution in [0, 0.1) is 11.6 Å². The van der Waals surface area contributed by atoms with E-state index >= 15 is 0 Å². The van der Waals surface area contributed by atoms with E-state index in [-0.39, 0.29) is 11.6 Å². The van der Waals surface area contributed by atoms with E-state index in [1.807, 2.05) is 24.8 Å². The molecule has 3 aromatic rings. The lowest BCUT2D eigenvalue weighted by molar-refractivity contribution is 0.634. The van der Waals surface area contributed by atoms with Gasteiger partial charge in [-0.3, -0.25) is 0 Å².